The van der Waals surface area contributed by atoms with Crippen LogP contribution in [-0.2, 0) is 9.53 Å². The molecule has 0 radical (unpaired) electrons. The summed E-state index contributed by atoms with van der Waals surface area (Å²) in [6.07, 6.45) is 8.63. The van der Waals surface area contributed by atoms with Crippen molar-refractivity contribution in [1.82, 2.24) is 9.88 Å². The van der Waals surface area contributed by atoms with Gasteiger partial charge < -0.3 is 9.64 Å². The number of amides is 1. The Hall–Kier alpha value is -2.13. The lowest BCUT2D eigenvalue weighted by Crippen LogP contribution is -2.62. The molecule has 4 bridgehead atoms. The molecule has 0 spiro atoms. The van der Waals surface area contributed by atoms with Gasteiger partial charge in [0.15, 0.2) is 6.61 Å². The molecule has 1 aromatic rings. The number of carbonyl (C=O) groups is 2. The molecule has 4 saturated carbocycles. The number of aromatic nitrogens is 1. The van der Waals surface area contributed by atoms with Gasteiger partial charge >= 0.3 is 5.97 Å². The summed E-state index contributed by atoms with van der Waals surface area (Å²) >= 11 is 5.93. The molecule has 5 rings (SSSR count). The van der Waals surface area contributed by atoms with Crippen LogP contribution >= 0.6 is 11.6 Å². The van der Waals surface area contributed by atoms with E-state index in [1.54, 1.807) is 6.07 Å². The lowest BCUT2D eigenvalue weighted by atomic mass is 9.52. The predicted octanol–water partition coefficient (Wildman–Crippen LogP) is 3.60. The second-order valence-electron chi connectivity index (χ2n) is 8.51. The Morgan fingerprint density at radius 1 is 1.25 bits per heavy atom. The first kappa shape index (κ1) is 19.2. The van der Waals surface area contributed by atoms with Gasteiger partial charge in [0.1, 0.15) is 5.15 Å². The lowest BCUT2D eigenvalue weighted by molar-refractivity contribution is -0.153. The van der Waals surface area contributed by atoms with Crippen LogP contribution in [0.5, 0.6) is 0 Å². The fraction of sp³-hybridized carbons (Fsp3) is 0.619. The molecule has 0 aromatic carbocycles. The Morgan fingerprint density at radius 2 is 1.89 bits per heavy atom. The Labute approximate surface area is 169 Å². The molecule has 0 unspecified atom stereocenters. The van der Waals surface area contributed by atoms with Gasteiger partial charge in [-0.15, -0.1) is 0 Å². The smallest absolute Gasteiger partial charge is 0.341 e. The Kier molecular flexibility index (Phi) is 5.29. The number of pyridine rings is 1. The minimum absolute atomic E-state index is 0.0577. The third kappa shape index (κ3) is 3.60. The molecule has 0 aliphatic heterocycles. The third-order valence-electron chi connectivity index (χ3n) is 6.63. The molecule has 1 amide bonds. The number of hydrogen-bond donors (Lipinski definition) is 0. The van der Waals surface area contributed by atoms with E-state index in [2.05, 4.69) is 11.1 Å². The van der Waals surface area contributed by atoms with Crippen LogP contribution in [0.3, 0.4) is 0 Å². The van der Waals surface area contributed by atoms with E-state index in [4.69, 9.17) is 21.6 Å². The zero-order valence-electron chi connectivity index (χ0n) is 15.8. The van der Waals surface area contributed by atoms with E-state index in [-0.39, 0.29) is 35.2 Å². The van der Waals surface area contributed by atoms with E-state index in [0.29, 0.717) is 24.3 Å². The van der Waals surface area contributed by atoms with Crippen LogP contribution in [0.4, 0.5) is 0 Å². The number of ether oxygens (including phenoxy) is 1. The molecular formula is C21H24ClN3O3. The van der Waals surface area contributed by atoms with Crippen LogP contribution in [-0.4, -0.2) is 40.5 Å². The Balaban J connectivity index is 1.47. The van der Waals surface area contributed by atoms with Gasteiger partial charge in [0.2, 0.25) is 0 Å². The SMILES string of the molecule is N#CCCN(C(=O)COC(=O)c1cccnc1Cl)C12CC3CC(CC(C3)C1)C2. The van der Waals surface area contributed by atoms with Crippen LogP contribution in [0.2, 0.25) is 5.15 Å². The van der Waals surface area contributed by atoms with Crippen LogP contribution in [0.1, 0.15) is 55.3 Å². The van der Waals surface area contributed by atoms with Crippen LogP contribution < -0.4 is 0 Å². The second-order valence-corrected chi connectivity index (χ2v) is 8.87. The van der Waals surface area contributed by atoms with Gasteiger partial charge in [-0.05, 0) is 68.4 Å². The zero-order valence-corrected chi connectivity index (χ0v) is 16.5. The Morgan fingerprint density at radius 3 is 2.46 bits per heavy atom. The summed E-state index contributed by atoms with van der Waals surface area (Å²) in [4.78, 5) is 31.1. The first-order chi connectivity index (χ1) is 13.5. The highest BCUT2D eigenvalue weighted by atomic mass is 35.5. The summed E-state index contributed by atoms with van der Waals surface area (Å²) in [7, 11) is 0. The molecule has 6 nitrogen and oxygen atoms in total. The normalized spacial score (nSPS) is 29.9. The molecule has 148 valence electrons. The van der Waals surface area contributed by atoms with Crippen molar-refractivity contribution in [3.63, 3.8) is 0 Å². The maximum atomic E-state index is 13.1. The average Bonchev–Trinajstić information content (AvgIpc) is 2.65. The van der Waals surface area contributed by atoms with Crippen molar-refractivity contribution in [3.8, 4) is 6.07 Å². The predicted molar refractivity (Wildman–Crippen MR) is 102 cm³/mol. The van der Waals surface area contributed by atoms with Gasteiger partial charge in [-0.2, -0.15) is 5.26 Å². The molecule has 4 aliphatic carbocycles. The molecule has 1 aromatic heterocycles. The number of esters is 1. The summed E-state index contributed by atoms with van der Waals surface area (Å²) in [5.74, 6) is 1.17. The second kappa shape index (κ2) is 7.71. The highest BCUT2D eigenvalue weighted by Gasteiger charge is 2.54. The molecule has 1 heterocycles. The summed E-state index contributed by atoms with van der Waals surface area (Å²) in [5.41, 5.74) is -0.0172. The molecule has 4 fully saturated rings. The first-order valence-corrected chi connectivity index (χ1v) is 10.3. The van der Waals surface area contributed by atoms with Gasteiger partial charge in [-0.25, -0.2) is 9.78 Å². The molecule has 4 aliphatic rings. The van der Waals surface area contributed by atoms with Gasteiger partial charge in [0, 0.05) is 18.3 Å². The summed E-state index contributed by atoms with van der Waals surface area (Å²) < 4.78 is 5.26. The number of rotatable bonds is 6. The van der Waals surface area contributed by atoms with Crippen molar-refractivity contribution in [2.24, 2.45) is 17.8 Å². The molecule has 28 heavy (non-hydrogen) atoms. The van der Waals surface area contributed by atoms with Crippen molar-refractivity contribution in [1.29, 1.82) is 5.26 Å². The quantitative estimate of drug-likeness (QED) is 0.537. The maximum Gasteiger partial charge on any atom is 0.341 e. The minimum Gasteiger partial charge on any atom is -0.452 e. The number of carbonyl (C=O) groups excluding carboxylic acids is 2. The van der Waals surface area contributed by atoms with E-state index in [9.17, 15) is 9.59 Å². The standard InChI is InChI=1S/C21H24ClN3O3/c22-19-17(3-1-5-24-19)20(27)28-13-18(26)25(6-2-4-23)21-10-14-7-15(11-21)9-16(8-14)12-21/h1,3,5,14-16H,2,6-13H2. The van der Waals surface area contributed by atoms with Crippen LogP contribution in [0.15, 0.2) is 18.3 Å². The van der Waals surface area contributed by atoms with Crippen molar-refractivity contribution < 1.29 is 14.3 Å². The summed E-state index contributed by atoms with van der Waals surface area (Å²) in [6, 6.07) is 5.27. The number of halogens is 1. The molecule has 7 heteroatoms. The summed E-state index contributed by atoms with van der Waals surface area (Å²) in [6.45, 7) is 0.0595. The fourth-order valence-corrected chi connectivity index (χ4v) is 6.20. The zero-order chi connectivity index (χ0) is 19.7. The van der Waals surface area contributed by atoms with E-state index in [1.165, 1.54) is 31.5 Å². The van der Waals surface area contributed by atoms with Crippen LogP contribution in [0, 0.1) is 29.1 Å². The highest BCUT2D eigenvalue weighted by Crippen LogP contribution is 2.57. The van der Waals surface area contributed by atoms with Crippen molar-refractivity contribution in [2.75, 3.05) is 13.2 Å². The summed E-state index contributed by atoms with van der Waals surface area (Å²) in [5, 5.41) is 9.14. The van der Waals surface area contributed by atoms with Gasteiger partial charge in [0.25, 0.3) is 5.91 Å². The monoisotopic (exact) mass is 401 g/mol. The highest BCUT2D eigenvalue weighted by molar-refractivity contribution is 6.32. The molecular weight excluding hydrogens is 378 g/mol. The average molecular weight is 402 g/mol. The van der Waals surface area contributed by atoms with Crippen LogP contribution in [0.25, 0.3) is 0 Å². The molecule has 0 atom stereocenters. The topological polar surface area (TPSA) is 83.3 Å². The first-order valence-electron chi connectivity index (χ1n) is 9.96. The largest absolute Gasteiger partial charge is 0.452 e. The van der Waals surface area contributed by atoms with E-state index in [0.717, 1.165) is 19.3 Å². The van der Waals surface area contributed by atoms with E-state index in [1.807, 2.05) is 4.90 Å². The van der Waals surface area contributed by atoms with Crippen molar-refractivity contribution in [3.05, 3.63) is 29.0 Å². The van der Waals surface area contributed by atoms with E-state index < -0.39 is 5.97 Å². The number of hydrogen-bond acceptors (Lipinski definition) is 5. The minimum atomic E-state index is -0.655. The van der Waals surface area contributed by atoms with Gasteiger partial charge in [0.05, 0.1) is 18.1 Å². The van der Waals surface area contributed by atoms with Gasteiger partial charge in [-0.3, -0.25) is 4.79 Å². The molecule has 0 saturated heterocycles. The fourth-order valence-electron chi connectivity index (χ4n) is 6.00. The number of nitrogens with zero attached hydrogens (tertiary/aromatic N) is 3. The maximum absolute atomic E-state index is 13.1. The third-order valence-corrected chi connectivity index (χ3v) is 6.93. The number of nitriles is 1. The van der Waals surface area contributed by atoms with Gasteiger partial charge in [-0.1, -0.05) is 11.6 Å². The molecule has 0 N–H and O–H groups in total. The Bertz CT molecular complexity index is 784. The lowest BCUT2D eigenvalue weighted by Gasteiger charge is -2.60. The van der Waals surface area contributed by atoms with Crippen molar-refractivity contribution in [2.45, 2.75) is 50.5 Å². The van der Waals surface area contributed by atoms with E-state index >= 15 is 0 Å². The van der Waals surface area contributed by atoms with Crippen molar-refractivity contribution >= 4 is 23.5 Å².